The predicted octanol–water partition coefficient (Wildman–Crippen LogP) is 2.07. The van der Waals surface area contributed by atoms with Crippen LogP contribution in [-0.4, -0.2) is 37.0 Å². The molecular weight excluding hydrogens is 356 g/mol. The first-order valence-electron chi connectivity index (χ1n) is 9.27. The highest BCUT2D eigenvalue weighted by Crippen LogP contribution is 2.10. The first-order valence-corrected chi connectivity index (χ1v) is 9.27. The fourth-order valence-electron chi connectivity index (χ4n) is 2.87. The summed E-state index contributed by atoms with van der Waals surface area (Å²) >= 11 is 0. The molecule has 0 aromatic heterocycles. The number of amides is 2. The van der Waals surface area contributed by atoms with Gasteiger partial charge in [0, 0.05) is 6.42 Å². The molecule has 148 valence electrons. The number of esters is 1. The Balaban J connectivity index is 2.11. The first-order chi connectivity index (χ1) is 13.4. The van der Waals surface area contributed by atoms with Crippen LogP contribution >= 0.6 is 0 Å². The molecule has 2 N–H and O–H groups in total. The van der Waals surface area contributed by atoms with Crippen LogP contribution in [0.3, 0.4) is 0 Å². The highest BCUT2D eigenvalue weighted by Gasteiger charge is 2.28. The van der Waals surface area contributed by atoms with Crippen molar-refractivity contribution in [3.8, 4) is 0 Å². The molecule has 6 nitrogen and oxygen atoms in total. The molecule has 0 aliphatic heterocycles. The van der Waals surface area contributed by atoms with Crippen LogP contribution < -0.4 is 10.6 Å². The van der Waals surface area contributed by atoms with Gasteiger partial charge >= 0.3 is 5.97 Å². The summed E-state index contributed by atoms with van der Waals surface area (Å²) < 4.78 is 4.84. The summed E-state index contributed by atoms with van der Waals surface area (Å²) in [7, 11) is 1.28. The fourth-order valence-corrected chi connectivity index (χ4v) is 2.87. The van der Waals surface area contributed by atoms with Crippen molar-refractivity contribution in [2.75, 3.05) is 7.11 Å². The molecule has 1 aliphatic rings. The van der Waals surface area contributed by atoms with E-state index < -0.39 is 24.0 Å². The zero-order chi connectivity index (χ0) is 20.5. The van der Waals surface area contributed by atoms with Gasteiger partial charge in [0.25, 0.3) is 5.91 Å². The topological polar surface area (TPSA) is 84.5 Å². The van der Waals surface area contributed by atoms with E-state index in [1.165, 1.54) is 7.11 Å². The largest absolute Gasteiger partial charge is 0.467 e. The summed E-state index contributed by atoms with van der Waals surface area (Å²) in [5.41, 5.74) is 4.09. The minimum Gasteiger partial charge on any atom is -0.467 e. The van der Waals surface area contributed by atoms with Crippen LogP contribution in [0.4, 0.5) is 0 Å². The summed E-state index contributed by atoms with van der Waals surface area (Å²) in [6, 6.07) is 7.76. The lowest BCUT2D eigenvalue weighted by Crippen LogP contribution is -2.53. The summed E-state index contributed by atoms with van der Waals surface area (Å²) in [5.74, 6) is -1.15. The number of allylic oxidation sites excluding steroid dienone is 1. The van der Waals surface area contributed by atoms with E-state index >= 15 is 0 Å². The number of nitrogens with one attached hydrogen (secondary N) is 2. The number of benzene rings is 1. The Labute approximate surface area is 165 Å². The minimum absolute atomic E-state index is 0.172. The number of hydrogen-bond donors (Lipinski definition) is 2. The van der Waals surface area contributed by atoms with Crippen LogP contribution in [0.1, 0.15) is 25.8 Å². The summed E-state index contributed by atoms with van der Waals surface area (Å²) in [6.45, 7) is 3.92. The van der Waals surface area contributed by atoms with Crippen molar-refractivity contribution in [2.24, 2.45) is 5.92 Å². The molecule has 6 heteroatoms. The molecule has 1 aromatic carbocycles. The molecule has 0 heterocycles. The highest BCUT2D eigenvalue weighted by atomic mass is 16.5. The Kier molecular flexibility index (Phi) is 7.78. The van der Waals surface area contributed by atoms with Gasteiger partial charge in [0.1, 0.15) is 12.1 Å². The van der Waals surface area contributed by atoms with Gasteiger partial charge in [-0.15, -0.1) is 5.73 Å². The van der Waals surface area contributed by atoms with Crippen LogP contribution in [0, 0.1) is 5.92 Å². The van der Waals surface area contributed by atoms with Crippen LogP contribution in [0.2, 0.25) is 0 Å². The van der Waals surface area contributed by atoms with E-state index in [2.05, 4.69) is 16.4 Å². The van der Waals surface area contributed by atoms with Crippen LogP contribution in [0.25, 0.3) is 0 Å². The van der Waals surface area contributed by atoms with E-state index in [9.17, 15) is 14.4 Å². The van der Waals surface area contributed by atoms with Gasteiger partial charge in [0.15, 0.2) is 0 Å². The minimum atomic E-state index is -0.836. The number of ether oxygens (including phenoxy) is 1. The maximum atomic E-state index is 12.9. The molecule has 0 radical (unpaired) electrons. The van der Waals surface area contributed by atoms with Gasteiger partial charge in [0.2, 0.25) is 5.91 Å². The number of hydrogen-bond acceptors (Lipinski definition) is 4. The third-order valence-corrected chi connectivity index (χ3v) is 4.26. The molecule has 28 heavy (non-hydrogen) atoms. The molecule has 1 aliphatic carbocycles. The van der Waals surface area contributed by atoms with Crippen molar-refractivity contribution >= 4 is 17.8 Å². The Hall–Kier alpha value is -3.11. The second-order valence-electron chi connectivity index (χ2n) is 7.01. The highest BCUT2D eigenvalue weighted by molar-refractivity contribution is 5.99. The summed E-state index contributed by atoms with van der Waals surface area (Å²) in [6.07, 6.45) is 5.72. The van der Waals surface area contributed by atoms with Gasteiger partial charge in [-0.05, 0) is 30.1 Å². The summed E-state index contributed by atoms with van der Waals surface area (Å²) in [5, 5.41) is 5.48. The zero-order valence-electron chi connectivity index (χ0n) is 16.4. The lowest BCUT2D eigenvalue weighted by atomic mass is 10.0. The third-order valence-electron chi connectivity index (χ3n) is 4.26. The number of rotatable bonds is 9. The van der Waals surface area contributed by atoms with Crippen LogP contribution in [-0.2, 0) is 25.5 Å². The Morgan fingerprint density at radius 2 is 1.79 bits per heavy atom. The Morgan fingerprint density at radius 1 is 1.07 bits per heavy atom. The quantitative estimate of drug-likeness (QED) is 0.506. The van der Waals surface area contributed by atoms with E-state index in [1.807, 2.05) is 44.2 Å². The van der Waals surface area contributed by atoms with Crippen LogP contribution in [0.5, 0.6) is 0 Å². The number of carbonyl (C=O) groups is 3. The maximum Gasteiger partial charge on any atom is 0.328 e. The molecule has 0 saturated carbocycles. The molecular formula is C22H26N2O4. The third kappa shape index (κ3) is 6.25. The molecule has 1 aromatic rings. The standard InChI is InChI=1S/C22H26N2O4/c1-15(2)13-18(23-20(25)17-11-7-8-12-17)21(26)24-19(22(27)28-3)14-16-9-5-4-6-10-16/h4-11,15,18-19H,13-14H2,1-3H3,(H,23,25)(H,24,26)/t18-,19-/m0/s1. The summed E-state index contributed by atoms with van der Waals surface area (Å²) in [4.78, 5) is 37.4. The van der Waals surface area contributed by atoms with E-state index in [1.54, 1.807) is 18.2 Å². The monoisotopic (exact) mass is 382 g/mol. The average molecular weight is 382 g/mol. The van der Waals surface area contributed by atoms with E-state index in [0.717, 1.165) is 5.56 Å². The molecule has 2 rings (SSSR count). The fraction of sp³-hybridized carbons (Fsp3) is 0.364. The molecule has 0 fully saturated rings. The predicted molar refractivity (Wildman–Crippen MR) is 106 cm³/mol. The van der Waals surface area contributed by atoms with Crippen LogP contribution in [0.15, 0.2) is 59.9 Å². The first kappa shape index (κ1) is 21.2. The van der Waals surface area contributed by atoms with Crippen molar-refractivity contribution in [1.82, 2.24) is 10.6 Å². The van der Waals surface area contributed by atoms with Crippen molar-refractivity contribution in [3.05, 3.63) is 65.4 Å². The van der Waals surface area contributed by atoms with Crippen molar-refractivity contribution in [1.29, 1.82) is 0 Å². The van der Waals surface area contributed by atoms with Crippen molar-refractivity contribution in [2.45, 2.75) is 38.8 Å². The zero-order valence-corrected chi connectivity index (χ0v) is 16.4. The molecule has 0 unspecified atom stereocenters. The normalized spacial score (nSPS) is 14.4. The van der Waals surface area contributed by atoms with Crippen molar-refractivity contribution in [3.63, 3.8) is 0 Å². The second-order valence-corrected chi connectivity index (χ2v) is 7.01. The number of carbonyl (C=O) groups excluding carboxylic acids is 3. The molecule has 0 saturated heterocycles. The lowest BCUT2D eigenvalue weighted by Gasteiger charge is -2.23. The van der Waals surface area contributed by atoms with E-state index in [-0.39, 0.29) is 11.8 Å². The Bertz CT molecular complexity index is 805. The smallest absolute Gasteiger partial charge is 0.328 e. The van der Waals surface area contributed by atoms with Gasteiger partial charge in [-0.3, -0.25) is 9.59 Å². The lowest BCUT2D eigenvalue weighted by molar-refractivity contribution is -0.145. The average Bonchev–Trinajstić information content (AvgIpc) is 3.21. The molecule has 0 bridgehead atoms. The van der Waals surface area contributed by atoms with E-state index in [0.29, 0.717) is 18.4 Å². The maximum absolute atomic E-state index is 12.9. The Morgan fingerprint density at radius 3 is 2.36 bits per heavy atom. The second kappa shape index (κ2) is 10.3. The molecule has 2 amide bonds. The van der Waals surface area contributed by atoms with Gasteiger partial charge in [0.05, 0.1) is 12.7 Å². The molecule has 0 spiro atoms. The van der Waals surface area contributed by atoms with E-state index in [4.69, 9.17) is 4.74 Å². The van der Waals surface area contributed by atoms with Gasteiger partial charge < -0.3 is 15.4 Å². The van der Waals surface area contributed by atoms with Gasteiger partial charge in [-0.25, -0.2) is 4.79 Å². The SMILES string of the molecule is COC(=O)[C@H](Cc1ccccc1)NC(=O)[C@H](CC(C)C)NC(=O)C1=C=CC=C1. The van der Waals surface area contributed by atoms with Gasteiger partial charge in [-0.1, -0.05) is 50.3 Å². The molecule has 2 atom stereocenters. The van der Waals surface area contributed by atoms with Crippen molar-refractivity contribution < 1.29 is 19.1 Å². The van der Waals surface area contributed by atoms with Gasteiger partial charge in [-0.2, -0.15) is 0 Å². The number of methoxy groups -OCH3 is 1.